The van der Waals surface area contributed by atoms with E-state index in [0.717, 1.165) is 10.1 Å². The zero-order valence-corrected chi connectivity index (χ0v) is 13.5. The second-order valence-corrected chi connectivity index (χ2v) is 6.30. The molecule has 1 aliphatic heterocycles. The van der Waals surface area contributed by atoms with E-state index in [2.05, 4.69) is 0 Å². The molecule has 3 N–H and O–H groups in total. The smallest absolute Gasteiger partial charge is 0.303 e. The first kappa shape index (κ1) is 17.9. The Morgan fingerprint density at radius 2 is 1.96 bits per heavy atom. The Morgan fingerprint density at radius 3 is 2.62 bits per heavy atom. The second-order valence-electron chi connectivity index (χ2n) is 5.39. The van der Waals surface area contributed by atoms with E-state index < -0.39 is 18.0 Å². The van der Waals surface area contributed by atoms with Gasteiger partial charge in [-0.05, 0) is 6.07 Å². The molecule has 0 aliphatic carbocycles. The normalized spacial score (nSPS) is 19.6. The maximum atomic E-state index is 12.6. The molecule has 128 valence electrons. The highest BCUT2D eigenvalue weighted by atomic mass is 32.1. The molecule has 0 saturated carbocycles. The van der Waals surface area contributed by atoms with Crippen LogP contribution in [0.15, 0.2) is 29.6 Å². The van der Waals surface area contributed by atoms with Crippen LogP contribution >= 0.6 is 11.3 Å². The molecule has 2 atom stereocenters. The summed E-state index contributed by atoms with van der Waals surface area (Å²) in [5.74, 6) is -1.48. The molecule has 0 spiro atoms. The predicted octanol–water partition coefficient (Wildman–Crippen LogP) is 1.51. The molecular formula is C16H17NO6S. The Bertz CT molecular complexity index is 743. The standard InChI is InChI=1S/C15H15NO4S.CH2O2/c17-12-7-16(6-9(12)5-14(18)19)15(20)11-8-21-13-4-2-1-3-10(11)13;2-1-3/h1-4,8-9,12,17H,5-7H2,(H,18,19);1H,(H,2,3)/t9-,12-;/m1./s1. The van der Waals surface area contributed by atoms with Crippen LogP contribution in [0.25, 0.3) is 10.1 Å². The zero-order chi connectivity index (χ0) is 17.7. The summed E-state index contributed by atoms with van der Waals surface area (Å²) >= 11 is 1.51. The van der Waals surface area contributed by atoms with Crippen molar-refractivity contribution in [3.63, 3.8) is 0 Å². The van der Waals surface area contributed by atoms with Gasteiger partial charge in [-0.1, -0.05) is 18.2 Å². The van der Waals surface area contributed by atoms with Crippen LogP contribution < -0.4 is 0 Å². The van der Waals surface area contributed by atoms with Crippen LogP contribution in [0.1, 0.15) is 16.8 Å². The van der Waals surface area contributed by atoms with Crippen LogP contribution in [0.5, 0.6) is 0 Å². The maximum Gasteiger partial charge on any atom is 0.303 e. The average molecular weight is 351 g/mol. The lowest BCUT2D eigenvalue weighted by Gasteiger charge is -2.15. The number of benzene rings is 1. The summed E-state index contributed by atoms with van der Waals surface area (Å²) in [6, 6.07) is 7.68. The molecule has 3 rings (SSSR count). The molecule has 1 aromatic heterocycles. The third-order valence-electron chi connectivity index (χ3n) is 3.84. The second kappa shape index (κ2) is 7.89. The van der Waals surface area contributed by atoms with Crippen molar-refractivity contribution in [2.75, 3.05) is 13.1 Å². The van der Waals surface area contributed by atoms with Crippen LogP contribution in [0, 0.1) is 5.92 Å². The molecule has 1 aromatic carbocycles. The summed E-state index contributed by atoms with van der Waals surface area (Å²) in [5, 5.41) is 28.4. The summed E-state index contributed by atoms with van der Waals surface area (Å²) in [6.07, 6.45) is -0.884. The van der Waals surface area contributed by atoms with E-state index >= 15 is 0 Å². The van der Waals surface area contributed by atoms with E-state index in [1.807, 2.05) is 29.6 Å². The summed E-state index contributed by atoms with van der Waals surface area (Å²) in [7, 11) is 0. The summed E-state index contributed by atoms with van der Waals surface area (Å²) in [6.45, 7) is 0.234. The van der Waals surface area contributed by atoms with Gasteiger partial charge in [-0.25, -0.2) is 0 Å². The predicted molar refractivity (Wildman–Crippen MR) is 88.2 cm³/mol. The Morgan fingerprint density at radius 1 is 1.29 bits per heavy atom. The fraction of sp³-hybridized carbons (Fsp3) is 0.312. The number of hydrogen-bond donors (Lipinski definition) is 3. The number of rotatable bonds is 3. The molecule has 2 aromatic rings. The Hall–Kier alpha value is -2.45. The van der Waals surface area contributed by atoms with Crippen molar-refractivity contribution >= 4 is 39.8 Å². The average Bonchev–Trinajstić information content (AvgIpc) is 3.11. The van der Waals surface area contributed by atoms with Gasteiger partial charge >= 0.3 is 5.97 Å². The summed E-state index contributed by atoms with van der Waals surface area (Å²) in [4.78, 5) is 33.3. The fourth-order valence-electron chi connectivity index (χ4n) is 2.76. The minimum atomic E-state index is -0.950. The van der Waals surface area contributed by atoms with Crippen LogP contribution in [-0.2, 0) is 9.59 Å². The van der Waals surface area contributed by atoms with Crippen LogP contribution in [-0.4, -0.2) is 57.8 Å². The van der Waals surface area contributed by atoms with Crippen LogP contribution in [0.3, 0.4) is 0 Å². The number of aliphatic hydroxyl groups is 1. The Labute approximate surface area is 141 Å². The fourth-order valence-corrected chi connectivity index (χ4v) is 3.69. The van der Waals surface area contributed by atoms with Gasteiger partial charge in [-0.3, -0.25) is 14.4 Å². The van der Waals surface area contributed by atoms with Gasteiger partial charge in [0.05, 0.1) is 18.1 Å². The highest BCUT2D eigenvalue weighted by Gasteiger charge is 2.36. The molecule has 0 radical (unpaired) electrons. The lowest BCUT2D eigenvalue weighted by atomic mass is 10.0. The molecule has 1 aliphatic rings. The minimum Gasteiger partial charge on any atom is -0.483 e. The van der Waals surface area contributed by atoms with Crippen molar-refractivity contribution in [2.45, 2.75) is 12.5 Å². The highest BCUT2D eigenvalue weighted by Crippen LogP contribution is 2.29. The number of carbonyl (C=O) groups is 3. The van der Waals surface area contributed by atoms with E-state index in [1.165, 1.54) is 11.3 Å². The molecule has 2 heterocycles. The number of likely N-dealkylation sites (tertiary alicyclic amines) is 1. The number of carboxylic acids is 1. The number of hydrogen-bond acceptors (Lipinski definition) is 5. The topological polar surface area (TPSA) is 115 Å². The van der Waals surface area contributed by atoms with Gasteiger partial charge in [-0.2, -0.15) is 0 Å². The molecule has 24 heavy (non-hydrogen) atoms. The molecule has 1 saturated heterocycles. The van der Waals surface area contributed by atoms with E-state index in [0.29, 0.717) is 5.56 Å². The molecule has 8 heteroatoms. The molecular weight excluding hydrogens is 334 g/mol. The van der Waals surface area contributed by atoms with Gasteiger partial charge in [0.25, 0.3) is 12.4 Å². The lowest BCUT2D eigenvalue weighted by Crippen LogP contribution is -2.29. The highest BCUT2D eigenvalue weighted by molar-refractivity contribution is 7.17. The Balaban J connectivity index is 0.000000647. The van der Waals surface area contributed by atoms with Gasteiger partial charge in [-0.15, -0.1) is 11.3 Å². The van der Waals surface area contributed by atoms with E-state index in [1.54, 1.807) is 4.90 Å². The molecule has 0 bridgehead atoms. The monoisotopic (exact) mass is 351 g/mol. The molecule has 0 unspecified atom stereocenters. The number of carboxylic acid groups (broad SMARTS) is 2. The number of β-amino-alcohol motifs (C(OH)–C–C–N with tert-alkyl or cyclic N) is 1. The molecule has 7 nitrogen and oxygen atoms in total. The van der Waals surface area contributed by atoms with Gasteiger partial charge in [0, 0.05) is 34.5 Å². The largest absolute Gasteiger partial charge is 0.483 e. The first-order chi connectivity index (χ1) is 11.5. The number of thiophene rings is 1. The maximum absolute atomic E-state index is 12.6. The van der Waals surface area contributed by atoms with E-state index in [9.17, 15) is 14.7 Å². The van der Waals surface area contributed by atoms with Gasteiger partial charge in [0.15, 0.2) is 0 Å². The number of aliphatic carboxylic acids is 1. The number of carbonyl (C=O) groups excluding carboxylic acids is 1. The van der Waals surface area contributed by atoms with Gasteiger partial charge < -0.3 is 20.2 Å². The lowest BCUT2D eigenvalue weighted by molar-refractivity contribution is -0.138. The molecule has 1 amide bonds. The Kier molecular flexibility index (Phi) is 5.88. The quantitative estimate of drug-likeness (QED) is 0.722. The number of amides is 1. The first-order valence-electron chi connectivity index (χ1n) is 7.21. The summed E-state index contributed by atoms with van der Waals surface area (Å²) < 4.78 is 1.04. The molecule has 1 fully saturated rings. The van der Waals surface area contributed by atoms with Crippen molar-refractivity contribution in [3.8, 4) is 0 Å². The first-order valence-corrected chi connectivity index (χ1v) is 8.09. The van der Waals surface area contributed by atoms with Crippen molar-refractivity contribution in [1.82, 2.24) is 4.90 Å². The third kappa shape index (κ3) is 3.90. The van der Waals surface area contributed by atoms with Crippen LogP contribution in [0.2, 0.25) is 0 Å². The van der Waals surface area contributed by atoms with Gasteiger partial charge in [0.1, 0.15) is 0 Å². The van der Waals surface area contributed by atoms with Crippen molar-refractivity contribution in [3.05, 3.63) is 35.2 Å². The van der Waals surface area contributed by atoms with Gasteiger partial charge in [0.2, 0.25) is 0 Å². The van der Waals surface area contributed by atoms with Crippen LogP contribution in [0.4, 0.5) is 0 Å². The summed E-state index contributed by atoms with van der Waals surface area (Å²) in [5.41, 5.74) is 0.624. The zero-order valence-electron chi connectivity index (χ0n) is 12.7. The minimum absolute atomic E-state index is 0.116. The van der Waals surface area contributed by atoms with E-state index in [-0.39, 0.29) is 31.9 Å². The SMILES string of the molecule is O=C(O)C[C@@H]1CN(C(=O)c2csc3ccccc23)C[C@H]1O.O=CO. The van der Waals surface area contributed by atoms with Crippen molar-refractivity contribution in [1.29, 1.82) is 0 Å². The van der Waals surface area contributed by atoms with E-state index in [4.69, 9.17) is 15.0 Å². The number of nitrogens with zero attached hydrogens (tertiary/aromatic N) is 1. The van der Waals surface area contributed by atoms with Crippen molar-refractivity contribution < 1.29 is 29.7 Å². The van der Waals surface area contributed by atoms with Crippen molar-refractivity contribution in [2.24, 2.45) is 5.92 Å². The number of fused-ring (bicyclic) bond motifs is 1. The third-order valence-corrected chi connectivity index (χ3v) is 4.81. The number of aliphatic hydroxyl groups excluding tert-OH is 1.